The van der Waals surface area contributed by atoms with Gasteiger partial charge in [0.1, 0.15) is 17.8 Å². The fraction of sp³-hybridized carbons (Fsp3) is 0.389. The van der Waals surface area contributed by atoms with Crippen molar-refractivity contribution in [2.45, 2.75) is 13.3 Å². The number of amides is 1. The molecule has 2 heterocycles. The molecule has 0 spiro atoms. The first kappa shape index (κ1) is 16.4. The van der Waals surface area contributed by atoms with Crippen LogP contribution in [0.5, 0.6) is 0 Å². The second kappa shape index (κ2) is 7.40. The summed E-state index contributed by atoms with van der Waals surface area (Å²) in [6.07, 6.45) is 2.44. The number of aromatic nitrogens is 2. The molecule has 0 saturated carbocycles. The summed E-state index contributed by atoms with van der Waals surface area (Å²) in [4.78, 5) is 25.3. The van der Waals surface area contributed by atoms with Gasteiger partial charge in [0, 0.05) is 37.9 Å². The van der Waals surface area contributed by atoms with E-state index in [0.29, 0.717) is 5.69 Å². The maximum Gasteiger partial charge on any atom is 0.274 e. The highest BCUT2D eigenvalue weighted by Gasteiger charge is 2.17. The molecular weight excluding hydrogens is 302 g/mol. The Labute approximate surface area is 142 Å². The van der Waals surface area contributed by atoms with Crippen LogP contribution < -0.4 is 10.2 Å². The number of carbonyl (C=O) groups excluding carboxylic acids is 1. The summed E-state index contributed by atoms with van der Waals surface area (Å²) in [5.74, 6) is 0.599. The van der Waals surface area contributed by atoms with Crippen LogP contribution in [-0.2, 0) is 6.42 Å². The zero-order valence-corrected chi connectivity index (χ0v) is 14.2. The summed E-state index contributed by atoms with van der Waals surface area (Å²) < 4.78 is 0. The number of likely N-dealkylation sites (N-methyl/N-ethyl adjacent to an activating group) is 1. The second-order valence-electron chi connectivity index (χ2n) is 6.06. The minimum atomic E-state index is -0.211. The molecular formula is C18H23N5O. The first-order valence-electron chi connectivity index (χ1n) is 8.31. The maximum absolute atomic E-state index is 12.4. The Morgan fingerprint density at radius 3 is 2.50 bits per heavy atom. The van der Waals surface area contributed by atoms with Crippen LogP contribution in [0.3, 0.4) is 0 Å². The quantitative estimate of drug-likeness (QED) is 0.932. The molecule has 2 aromatic rings. The van der Waals surface area contributed by atoms with Crippen molar-refractivity contribution < 1.29 is 4.79 Å². The summed E-state index contributed by atoms with van der Waals surface area (Å²) in [7, 11) is 2.11. The average Bonchev–Trinajstić information content (AvgIpc) is 2.63. The fourth-order valence-corrected chi connectivity index (χ4v) is 2.70. The van der Waals surface area contributed by atoms with Crippen molar-refractivity contribution in [1.29, 1.82) is 0 Å². The third kappa shape index (κ3) is 3.89. The molecule has 1 aliphatic rings. The molecule has 126 valence electrons. The summed E-state index contributed by atoms with van der Waals surface area (Å²) >= 11 is 0. The largest absolute Gasteiger partial charge is 0.354 e. The van der Waals surface area contributed by atoms with Crippen molar-refractivity contribution in [1.82, 2.24) is 14.9 Å². The van der Waals surface area contributed by atoms with Crippen molar-refractivity contribution in [2.75, 3.05) is 43.4 Å². The van der Waals surface area contributed by atoms with E-state index in [0.717, 1.165) is 44.1 Å². The lowest BCUT2D eigenvalue weighted by atomic mass is 10.1. The normalized spacial score (nSPS) is 15.3. The number of carbonyl (C=O) groups is 1. The Balaban J connectivity index is 1.69. The molecule has 24 heavy (non-hydrogen) atoms. The average molecular weight is 325 g/mol. The molecule has 0 aliphatic carbocycles. The summed E-state index contributed by atoms with van der Waals surface area (Å²) in [5.41, 5.74) is 2.41. The third-order valence-electron chi connectivity index (χ3n) is 4.33. The Bertz CT molecular complexity index is 693. The van der Waals surface area contributed by atoms with Crippen molar-refractivity contribution in [3.63, 3.8) is 0 Å². The van der Waals surface area contributed by atoms with E-state index in [1.807, 2.05) is 24.3 Å². The van der Waals surface area contributed by atoms with Crippen LogP contribution in [0.1, 0.15) is 23.0 Å². The van der Waals surface area contributed by atoms with E-state index in [2.05, 4.69) is 39.1 Å². The standard InChI is InChI=1S/C18H23N5O/c1-3-14-4-6-15(7-5-14)21-18(24)16-12-17(20-13-19-16)23-10-8-22(2)9-11-23/h4-7,12-13H,3,8-11H2,1-2H3,(H,21,24). The number of aryl methyl sites for hydroxylation is 1. The van der Waals surface area contributed by atoms with Crippen LogP contribution in [-0.4, -0.2) is 54.0 Å². The molecule has 0 radical (unpaired) electrons. The van der Waals surface area contributed by atoms with Gasteiger partial charge in [-0.1, -0.05) is 19.1 Å². The second-order valence-corrected chi connectivity index (χ2v) is 6.06. The van der Waals surface area contributed by atoms with Crippen LogP contribution in [0.2, 0.25) is 0 Å². The molecule has 0 unspecified atom stereocenters. The van der Waals surface area contributed by atoms with Crippen molar-refractivity contribution in [3.8, 4) is 0 Å². The van der Waals surface area contributed by atoms with E-state index in [1.54, 1.807) is 6.07 Å². The van der Waals surface area contributed by atoms with Gasteiger partial charge in [0.25, 0.3) is 5.91 Å². The fourth-order valence-electron chi connectivity index (χ4n) is 2.70. The van der Waals surface area contributed by atoms with Gasteiger partial charge in [0.2, 0.25) is 0 Å². The predicted octanol–water partition coefficient (Wildman–Crippen LogP) is 2.04. The van der Waals surface area contributed by atoms with Crippen molar-refractivity contribution in [3.05, 3.63) is 47.9 Å². The van der Waals surface area contributed by atoms with Gasteiger partial charge >= 0.3 is 0 Å². The lowest BCUT2D eigenvalue weighted by Crippen LogP contribution is -2.44. The number of hydrogen-bond acceptors (Lipinski definition) is 5. The summed E-state index contributed by atoms with van der Waals surface area (Å²) in [6.45, 7) is 5.92. The van der Waals surface area contributed by atoms with Crippen LogP contribution in [0, 0.1) is 0 Å². The van der Waals surface area contributed by atoms with Gasteiger partial charge in [-0.15, -0.1) is 0 Å². The number of nitrogens with one attached hydrogen (secondary N) is 1. The van der Waals surface area contributed by atoms with E-state index < -0.39 is 0 Å². The van der Waals surface area contributed by atoms with Gasteiger partial charge in [-0.3, -0.25) is 4.79 Å². The van der Waals surface area contributed by atoms with E-state index in [4.69, 9.17) is 0 Å². The van der Waals surface area contributed by atoms with Crippen LogP contribution >= 0.6 is 0 Å². The Morgan fingerprint density at radius 1 is 1.12 bits per heavy atom. The molecule has 1 fully saturated rings. The molecule has 6 heteroatoms. The molecule has 0 atom stereocenters. The number of rotatable bonds is 4. The SMILES string of the molecule is CCc1ccc(NC(=O)c2cc(N3CCN(C)CC3)ncn2)cc1. The van der Waals surface area contributed by atoms with Crippen LogP contribution in [0.4, 0.5) is 11.5 Å². The zero-order valence-electron chi connectivity index (χ0n) is 14.2. The van der Waals surface area contributed by atoms with Gasteiger partial charge in [0.05, 0.1) is 0 Å². The number of anilines is 2. The van der Waals surface area contributed by atoms with Gasteiger partial charge in [-0.2, -0.15) is 0 Å². The highest BCUT2D eigenvalue weighted by molar-refractivity contribution is 6.03. The Hall–Kier alpha value is -2.47. The molecule has 1 amide bonds. The summed E-state index contributed by atoms with van der Waals surface area (Å²) in [5, 5.41) is 2.89. The predicted molar refractivity (Wildman–Crippen MR) is 95.5 cm³/mol. The number of piperazine rings is 1. The topological polar surface area (TPSA) is 61.4 Å². The zero-order chi connectivity index (χ0) is 16.9. The van der Waals surface area contributed by atoms with Gasteiger partial charge in [0.15, 0.2) is 0 Å². The van der Waals surface area contributed by atoms with Crippen molar-refractivity contribution >= 4 is 17.4 Å². The Kier molecular flexibility index (Phi) is 5.05. The molecule has 3 rings (SSSR count). The number of benzene rings is 1. The maximum atomic E-state index is 12.4. The Morgan fingerprint density at radius 2 is 1.83 bits per heavy atom. The first-order valence-corrected chi connectivity index (χ1v) is 8.31. The van der Waals surface area contributed by atoms with E-state index in [1.165, 1.54) is 11.9 Å². The molecule has 1 aromatic heterocycles. The van der Waals surface area contributed by atoms with E-state index in [-0.39, 0.29) is 5.91 Å². The molecule has 1 aliphatic heterocycles. The molecule has 6 nitrogen and oxygen atoms in total. The van der Waals surface area contributed by atoms with Crippen LogP contribution in [0.25, 0.3) is 0 Å². The van der Waals surface area contributed by atoms with Gasteiger partial charge < -0.3 is 15.1 Å². The molecule has 1 saturated heterocycles. The molecule has 0 bridgehead atoms. The molecule has 1 N–H and O–H groups in total. The number of nitrogens with zero attached hydrogens (tertiary/aromatic N) is 4. The molecule has 1 aromatic carbocycles. The van der Waals surface area contributed by atoms with Gasteiger partial charge in [-0.25, -0.2) is 9.97 Å². The highest BCUT2D eigenvalue weighted by atomic mass is 16.1. The van der Waals surface area contributed by atoms with E-state index >= 15 is 0 Å². The highest BCUT2D eigenvalue weighted by Crippen LogP contribution is 2.15. The summed E-state index contributed by atoms with van der Waals surface area (Å²) in [6, 6.07) is 9.64. The lowest BCUT2D eigenvalue weighted by Gasteiger charge is -2.33. The van der Waals surface area contributed by atoms with Crippen LogP contribution in [0.15, 0.2) is 36.7 Å². The minimum Gasteiger partial charge on any atom is -0.354 e. The van der Waals surface area contributed by atoms with E-state index in [9.17, 15) is 4.79 Å². The minimum absolute atomic E-state index is 0.211. The lowest BCUT2D eigenvalue weighted by molar-refractivity contribution is 0.102. The first-order chi connectivity index (χ1) is 11.7. The van der Waals surface area contributed by atoms with Gasteiger partial charge in [-0.05, 0) is 31.2 Å². The number of hydrogen-bond donors (Lipinski definition) is 1. The smallest absolute Gasteiger partial charge is 0.274 e. The third-order valence-corrected chi connectivity index (χ3v) is 4.33. The monoisotopic (exact) mass is 325 g/mol. The van der Waals surface area contributed by atoms with Crippen molar-refractivity contribution in [2.24, 2.45) is 0 Å².